The first kappa shape index (κ1) is 26.6. The number of hydrogen-bond donors (Lipinski definition) is 3. The lowest BCUT2D eigenvalue weighted by molar-refractivity contribution is -0.113. The van der Waals surface area contributed by atoms with Crippen LogP contribution in [-0.2, 0) is 11.2 Å². The molecule has 0 fully saturated rings. The molecule has 10 heteroatoms. The Bertz CT molecular complexity index is 1240. The Morgan fingerprint density at radius 3 is 2.61 bits per heavy atom. The lowest BCUT2D eigenvalue weighted by Gasteiger charge is -2.18. The van der Waals surface area contributed by atoms with E-state index in [-0.39, 0.29) is 16.6 Å². The first-order valence-corrected chi connectivity index (χ1v) is 11.8. The van der Waals surface area contributed by atoms with Crippen molar-refractivity contribution in [2.24, 2.45) is 0 Å². The Hall–Kier alpha value is -3.98. The first-order chi connectivity index (χ1) is 17.3. The number of hydrogen-bond acceptors (Lipinski definition) is 6. The standard InChI is InChI=1S/C26H28ClFN6O2/c1-4-17-7-9-18(10-8-17)25(36)29-12-6-13-30-26-31-14-11-22(33-26)32-19-15-20(27)24(28)21(16-19)34(3)23(35)5-2/h5,7-11,14-16H,2,4,6,12-13H2,1,3H3,(H,29,36)(H2,30,31,32,33). The molecule has 0 saturated carbocycles. The van der Waals surface area contributed by atoms with Gasteiger partial charge in [-0.15, -0.1) is 0 Å². The smallest absolute Gasteiger partial charge is 0.251 e. The second-order valence-corrected chi connectivity index (χ2v) is 8.28. The number of carbonyl (C=O) groups is 2. The van der Waals surface area contributed by atoms with Gasteiger partial charge in [0.1, 0.15) is 5.82 Å². The van der Waals surface area contributed by atoms with Crippen LogP contribution in [0.3, 0.4) is 0 Å². The molecule has 36 heavy (non-hydrogen) atoms. The molecule has 0 spiro atoms. The number of carbonyl (C=O) groups excluding carboxylic acids is 2. The normalized spacial score (nSPS) is 10.4. The lowest BCUT2D eigenvalue weighted by Crippen LogP contribution is -2.26. The summed E-state index contributed by atoms with van der Waals surface area (Å²) in [6, 6.07) is 12.1. The van der Waals surface area contributed by atoms with Crippen molar-refractivity contribution in [3.63, 3.8) is 0 Å². The molecule has 0 bridgehead atoms. The summed E-state index contributed by atoms with van der Waals surface area (Å²) in [5, 5.41) is 8.90. The second-order valence-electron chi connectivity index (χ2n) is 7.87. The quantitative estimate of drug-likeness (QED) is 0.249. The molecule has 3 N–H and O–H groups in total. The third-order valence-electron chi connectivity index (χ3n) is 5.35. The van der Waals surface area contributed by atoms with Gasteiger partial charge in [-0.3, -0.25) is 9.59 Å². The van der Waals surface area contributed by atoms with Crippen LogP contribution in [0, 0.1) is 5.82 Å². The minimum Gasteiger partial charge on any atom is -0.354 e. The minimum absolute atomic E-state index is 0.00524. The van der Waals surface area contributed by atoms with E-state index in [1.807, 2.05) is 24.3 Å². The van der Waals surface area contributed by atoms with Crippen LogP contribution in [0.2, 0.25) is 5.02 Å². The second kappa shape index (κ2) is 12.6. The summed E-state index contributed by atoms with van der Waals surface area (Å²) in [6.07, 6.45) is 4.25. The van der Waals surface area contributed by atoms with Crippen LogP contribution in [0.25, 0.3) is 0 Å². The summed E-state index contributed by atoms with van der Waals surface area (Å²) < 4.78 is 14.5. The molecule has 1 aromatic heterocycles. The fourth-order valence-electron chi connectivity index (χ4n) is 3.29. The number of nitrogens with one attached hydrogen (secondary N) is 3. The van der Waals surface area contributed by atoms with Gasteiger partial charge in [0.25, 0.3) is 5.91 Å². The molecule has 0 saturated heterocycles. The Balaban J connectivity index is 1.54. The van der Waals surface area contributed by atoms with E-state index in [0.29, 0.717) is 42.5 Å². The number of amides is 2. The van der Waals surface area contributed by atoms with E-state index < -0.39 is 11.7 Å². The van der Waals surface area contributed by atoms with Crippen molar-refractivity contribution in [1.29, 1.82) is 0 Å². The average molecular weight is 511 g/mol. The molecule has 2 aromatic carbocycles. The molecule has 188 valence electrons. The van der Waals surface area contributed by atoms with Gasteiger partial charge in [0.2, 0.25) is 11.9 Å². The highest BCUT2D eigenvalue weighted by molar-refractivity contribution is 6.31. The van der Waals surface area contributed by atoms with Crippen LogP contribution in [0.5, 0.6) is 0 Å². The van der Waals surface area contributed by atoms with Gasteiger partial charge < -0.3 is 20.9 Å². The molecule has 0 unspecified atom stereocenters. The molecule has 0 aliphatic carbocycles. The number of rotatable bonds is 11. The zero-order valence-electron chi connectivity index (χ0n) is 20.1. The molecule has 8 nitrogen and oxygen atoms in total. The van der Waals surface area contributed by atoms with Gasteiger partial charge in [-0.2, -0.15) is 4.98 Å². The number of anilines is 4. The zero-order chi connectivity index (χ0) is 26.1. The fraction of sp³-hybridized carbons (Fsp3) is 0.231. The van der Waals surface area contributed by atoms with Crippen molar-refractivity contribution in [1.82, 2.24) is 15.3 Å². The van der Waals surface area contributed by atoms with Crippen molar-refractivity contribution in [2.45, 2.75) is 19.8 Å². The van der Waals surface area contributed by atoms with Crippen LogP contribution in [0.4, 0.5) is 27.5 Å². The molecule has 0 radical (unpaired) electrons. The number of likely N-dealkylation sites (N-methyl/N-ethyl adjacent to an activating group) is 1. The lowest BCUT2D eigenvalue weighted by atomic mass is 10.1. The highest BCUT2D eigenvalue weighted by Gasteiger charge is 2.17. The number of aromatic nitrogens is 2. The van der Waals surface area contributed by atoms with Gasteiger partial charge in [0.15, 0.2) is 5.82 Å². The Morgan fingerprint density at radius 1 is 1.17 bits per heavy atom. The van der Waals surface area contributed by atoms with Crippen LogP contribution < -0.4 is 20.9 Å². The number of halogens is 2. The molecule has 3 rings (SSSR count). The average Bonchev–Trinajstić information content (AvgIpc) is 2.89. The van der Waals surface area contributed by atoms with Gasteiger partial charge in [-0.25, -0.2) is 9.37 Å². The van der Waals surface area contributed by atoms with Gasteiger partial charge in [0.05, 0.1) is 10.7 Å². The van der Waals surface area contributed by atoms with Crippen LogP contribution >= 0.6 is 11.6 Å². The maximum absolute atomic E-state index is 14.5. The van der Waals surface area contributed by atoms with E-state index in [1.165, 1.54) is 24.7 Å². The Morgan fingerprint density at radius 2 is 1.92 bits per heavy atom. The number of benzene rings is 2. The van der Waals surface area contributed by atoms with Crippen molar-refractivity contribution in [2.75, 3.05) is 35.7 Å². The molecule has 0 aliphatic heterocycles. The summed E-state index contributed by atoms with van der Waals surface area (Å²) in [4.78, 5) is 33.8. The van der Waals surface area contributed by atoms with E-state index in [0.717, 1.165) is 17.4 Å². The number of aryl methyl sites for hydroxylation is 1. The van der Waals surface area contributed by atoms with Crippen LogP contribution in [0.15, 0.2) is 61.3 Å². The van der Waals surface area contributed by atoms with E-state index in [1.54, 1.807) is 12.3 Å². The predicted molar refractivity (Wildman–Crippen MR) is 142 cm³/mol. The summed E-state index contributed by atoms with van der Waals surface area (Å²) in [7, 11) is 1.43. The monoisotopic (exact) mass is 510 g/mol. The summed E-state index contributed by atoms with van der Waals surface area (Å²) in [6.45, 7) is 6.52. The van der Waals surface area contributed by atoms with E-state index in [9.17, 15) is 14.0 Å². The van der Waals surface area contributed by atoms with Gasteiger partial charge >= 0.3 is 0 Å². The van der Waals surface area contributed by atoms with Crippen molar-refractivity contribution in [3.05, 3.63) is 83.3 Å². The molecular formula is C26H28ClFN6O2. The maximum atomic E-state index is 14.5. The Labute approximate surface area is 214 Å². The summed E-state index contributed by atoms with van der Waals surface area (Å²) >= 11 is 6.03. The topological polar surface area (TPSA) is 99.3 Å². The van der Waals surface area contributed by atoms with E-state index in [4.69, 9.17) is 11.6 Å². The SMILES string of the molecule is C=CC(=O)N(C)c1cc(Nc2ccnc(NCCCNC(=O)c3ccc(CC)cc3)n2)cc(Cl)c1F. The third kappa shape index (κ3) is 7.02. The van der Waals surface area contributed by atoms with Crippen LogP contribution in [-0.4, -0.2) is 41.9 Å². The fourth-order valence-corrected chi connectivity index (χ4v) is 3.51. The summed E-state index contributed by atoms with van der Waals surface area (Å²) in [5.41, 5.74) is 2.27. The number of nitrogens with zero attached hydrogens (tertiary/aromatic N) is 3. The zero-order valence-corrected chi connectivity index (χ0v) is 20.9. The van der Waals surface area contributed by atoms with Crippen molar-refractivity contribution >= 4 is 46.6 Å². The molecular weight excluding hydrogens is 483 g/mol. The van der Waals surface area contributed by atoms with Gasteiger partial charge in [-0.1, -0.05) is 37.2 Å². The largest absolute Gasteiger partial charge is 0.354 e. The highest BCUT2D eigenvalue weighted by atomic mass is 35.5. The predicted octanol–water partition coefficient (Wildman–Crippen LogP) is 4.96. The molecule has 3 aromatic rings. The third-order valence-corrected chi connectivity index (χ3v) is 5.63. The highest BCUT2D eigenvalue weighted by Crippen LogP contribution is 2.31. The van der Waals surface area contributed by atoms with Crippen molar-refractivity contribution in [3.8, 4) is 0 Å². The van der Waals surface area contributed by atoms with Crippen molar-refractivity contribution < 1.29 is 14.0 Å². The van der Waals surface area contributed by atoms with Crippen LogP contribution in [0.1, 0.15) is 29.3 Å². The van der Waals surface area contributed by atoms with E-state index >= 15 is 0 Å². The Kier molecular flexibility index (Phi) is 9.35. The first-order valence-electron chi connectivity index (χ1n) is 11.4. The minimum atomic E-state index is -0.713. The molecule has 1 heterocycles. The molecule has 2 amide bonds. The maximum Gasteiger partial charge on any atom is 0.251 e. The van der Waals surface area contributed by atoms with Gasteiger partial charge in [0, 0.05) is 37.6 Å². The summed E-state index contributed by atoms with van der Waals surface area (Å²) in [5.74, 6) is -0.467. The molecule has 0 aliphatic rings. The van der Waals surface area contributed by atoms with E-state index in [2.05, 4.69) is 39.4 Å². The molecule has 0 atom stereocenters. The van der Waals surface area contributed by atoms with Gasteiger partial charge in [-0.05, 0) is 54.8 Å².